The fraction of sp³-hybridized carbons (Fsp3) is 0.444. The lowest BCUT2D eigenvalue weighted by Gasteiger charge is -2.27. The number of para-hydroxylation sites is 1. The second-order valence-electron chi connectivity index (χ2n) is 9.46. The molecule has 1 saturated carbocycles. The Morgan fingerprint density at radius 1 is 1.11 bits per heavy atom. The van der Waals surface area contributed by atoms with Gasteiger partial charge in [0.15, 0.2) is 0 Å². The lowest BCUT2D eigenvalue weighted by atomic mass is 9.90. The Hall–Kier alpha value is -3.56. The molecule has 0 bridgehead atoms. The fourth-order valence-electron chi connectivity index (χ4n) is 4.73. The van der Waals surface area contributed by atoms with Gasteiger partial charge in [-0.3, -0.25) is 14.6 Å². The molecule has 1 aliphatic heterocycles. The van der Waals surface area contributed by atoms with Gasteiger partial charge >= 0.3 is 0 Å². The van der Waals surface area contributed by atoms with Crippen molar-refractivity contribution in [2.45, 2.75) is 51.4 Å². The molecule has 2 amide bonds. The van der Waals surface area contributed by atoms with Gasteiger partial charge in [0, 0.05) is 26.1 Å². The zero-order valence-corrected chi connectivity index (χ0v) is 20.8. The van der Waals surface area contributed by atoms with Crippen molar-refractivity contribution in [2.75, 3.05) is 30.5 Å². The van der Waals surface area contributed by atoms with E-state index in [9.17, 15) is 18.4 Å². The third-order valence-corrected chi connectivity index (χ3v) is 6.82. The molecular formula is C27H31F3N4O3. The summed E-state index contributed by atoms with van der Waals surface area (Å²) >= 11 is 0. The number of carbonyl (C=O) groups excluding carboxylic acids is 2. The summed E-state index contributed by atoms with van der Waals surface area (Å²) in [6.07, 6.45) is 8.34. The van der Waals surface area contributed by atoms with E-state index in [-0.39, 0.29) is 17.0 Å². The molecule has 1 aliphatic carbocycles. The number of nitrogens with one attached hydrogen (secondary N) is 1. The van der Waals surface area contributed by atoms with E-state index in [2.05, 4.69) is 10.4 Å². The van der Waals surface area contributed by atoms with Crippen LogP contribution in [0, 0.1) is 23.4 Å². The van der Waals surface area contributed by atoms with Gasteiger partial charge in [0.1, 0.15) is 34.7 Å². The zero-order valence-electron chi connectivity index (χ0n) is 20.8. The van der Waals surface area contributed by atoms with Gasteiger partial charge in [-0.1, -0.05) is 25.3 Å². The Bertz CT molecular complexity index is 1150. The van der Waals surface area contributed by atoms with Crippen LogP contribution in [0.2, 0.25) is 0 Å². The smallest absolute Gasteiger partial charge is 0.259 e. The molecule has 0 unspecified atom stereocenters. The van der Waals surface area contributed by atoms with Crippen molar-refractivity contribution in [3.05, 3.63) is 53.3 Å². The van der Waals surface area contributed by atoms with Crippen LogP contribution in [0.25, 0.3) is 0 Å². The van der Waals surface area contributed by atoms with Crippen LogP contribution in [0.4, 0.5) is 24.5 Å². The molecule has 2 aliphatic rings. The minimum atomic E-state index is -0.946. The number of hydrazone groups is 1. The zero-order chi connectivity index (χ0) is 26.4. The number of benzene rings is 2. The van der Waals surface area contributed by atoms with Crippen LogP contribution >= 0.6 is 0 Å². The minimum Gasteiger partial charge on any atom is -0.492 e. The summed E-state index contributed by atoms with van der Waals surface area (Å²) < 4.78 is 49.6. The fourth-order valence-corrected chi connectivity index (χ4v) is 4.73. The maximum Gasteiger partial charge on any atom is 0.259 e. The normalized spacial score (nSPS) is 17.5. The highest BCUT2D eigenvalue weighted by Gasteiger charge is 2.24. The topological polar surface area (TPSA) is 74.2 Å². The Morgan fingerprint density at radius 2 is 1.84 bits per heavy atom. The molecule has 0 radical (unpaired) electrons. The SMILES string of the molecule is CN(/N=C1/CCCCN1C=O)c1cc(OCC2CCCCC2)c(C(=O)Nc2c(F)cccc2F)cc1F. The summed E-state index contributed by atoms with van der Waals surface area (Å²) in [4.78, 5) is 25.9. The molecule has 1 N–H and O–H groups in total. The van der Waals surface area contributed by atoms with E-state index in [1.54, 1.807) is 7.05 Å². The molecule has 2 aromatic rings. The predicted octanol–water partition coefficient (Wildman–Crippen LogP) is 5.71. The minimum absolute atomic E-state index is 0.0381. The van der Waals surface area contributed by atoms with Gasteiger partial charge in [-0.2, -0.15) is 5.10 Å². The van der Waals surface area contributed by atoms with Gasteiger partial charge in [-0.05, 0) is 49.8 Å². The van der Waals surface area contributed by atoms with Crippen molar-refractivity contribution >= 4 is 29.5 Å². The van der Waals surface area contributed by atoms with Gasteiger partial charge < -0.3 is 15.0 Å². The average Bonchev–Trinajstić information content (AvgIpc) is 2.90. The third kappa shape index (κ3) is 6.42. The van der Waals surface area contributed by atoms with Crippen LogP contribution in [0.3, 0.4) is 0 Å². The maximum absolute atomic E-state index is 15.3. The predicted molar refractivity (Wildman–Crippen MR) is 135 cm³/mol. The number of likely N-dealkylation sites (tertiary alicyclic amines) is 1. The lowest BCUT2D eigenvalue weighted by Crippen LogP contribution is -2.36. The number of amidine groups is 1. The number of carbonyl (C=O) groups is 2. The first-order valence-corrected chi connectivity index (χ1v) is 12.6. The summed E-state index contributed by atoms with van der Waals surface area (Å²) in [7, 11) is 1.54. The first-order chi connectivity index (χ1) is 17.9. The number of anilines is 2. The van der Waals surface area contributed by atoms with E-state index in [1.807, 2.05) is 0 Å². The summed E-state index contributed by atoms with van der Waals surface area (Å²) in [6.45, 7) is 0.872. The van der Waals surface area contributed by atoms with Gasteiger partial charge in [0.05, 0.1) is 17.9 Å². The average molecular weight is 517 g/mol. The van der Waals surface area contributed by atoms with Gasteiger partial charge in [0.2, 0.25) is 6.41 Å². The van der Waals surface area contributed by atoms with E-state index in [0.717, 1.165) is 56.7 Å². The molecule has 4 rings (SSSR count). The second-order valence-corrected chi connectivity index (χ2v) is 9.46. The lowest BCUT2D eigenvalue weighted by molar-refractivity contribution is -0.115. The molecule has 37 heavy (non-hydrogen) atoms. The number of piperidine rings is 1. The molecule has 7 nitrogen and oxygen atoms in total. The number of halogens is 3. The van der Waals surface area contributed by atoms with Gasteiger partial charge in [0.25, 0.3) is 5.91 Å². The van der Waals surface area contributed by atoms with Crippen molar-refractivity contribution in [3.63, 3.8) is 0 Å². The Morgan fingerprint density at radius 3 is 2.54 bits per heavy atom. The van der Waals surface area contributed by atoms with Crippen molar-refractivity contribution in [1.29, 1.82) is 0 Å². The molecule has 1 heterocycles. The van der Waals surface area contributed by atoms with Crippen LogP contribution < -0.4 is 15.1 Å². The molecule has 0 aromatic heterocycles. The largest absolute Gasteiger partial charge is 0.492 e. The van der Waals surface area contributed by atoms with E-state index in [0.29, 0.717) is 37.7 Å². The molecule has 1 saturated heterocycles. The number of hydrogen-bond acceptors (Lipinski definition) is 5. The summed E-state index contributed by atoms with van der Waals surface area (Å²) in [5, 5.41) is 7.93. The Balaban J connectivity index is 1.65. The third-order valence-electron chi connectivity index (χ3n) is 6.82. The standard InChI is InChI=1S/C27H31F3N4O3/c1-33(32-25-12-5-6-13-34(25)17-35)23-15-24(37-16-18-8-3-2-4-9-18)19(14-22(23)30)27(36)31-26-20(28)10-7-11-21(26)29/h7,10-11,14-15,17-18H,2-6,8-9,12-13,16H2,1H3,(H,31,36)/b32-25-. The summed E-state index contributed by atoms with van der Waals surface area (Å²) in [5.41, 5.74) is -0.769. The summed E-state index contributed by atoms with van der Waals surface area (Å²) in [5.74, 6) is -2.67. The van der Waals surface area contributed by atoms with Crippen LogP contribution in [0.15, 0.2) is 35.4 Å². The number of ether oxygens (including phenoxy) is 1. The van der Waals surface area contributed by atoms with Crippen LogP contribution in [-0.2, 0) is 4.79 Å². The number of amides is 2. The molecule has 2 fully saturated rings. The quantitative estimate of drug-likeness (QED) is 0.361. The van der Waals surface area contributed by atoms with Crippen molar-refractivity contribution < 1.29 is 27.5 Å². The highest BCUT2D eigenvalue weighted by molar-refractivity contribution is 6.06. The molecule has 2 aromatic carbocycles. The van der Waals surface area contributed by atoms with Crippen molar-refractivity contribution in [3.8, 4) is 5.75 Å². The molecule has 0 spiro atoms. The Kier molecular flexibility index (Phi) is 8.68. The van der Waals surface area contributed by atoms with Crippen molar-refractivity contribution in [2.24, 2.45) is 11.0 Å². The van der Waals surface area contributed by atoms with Gasteiger partial charge in [-0.15, -0.1) is 0 Å². The van der Waals surface area contributed by atoms with E-state index < -0.39 is 29.0 Å². The summed E-state index contributed by atoms with van der Waals surface area (Å²) in [6, 6.07) is 5.57. The molecule has 0 atom stereocenters. The van der Waals surface area contributed by atoms with Crippen LogP contribution in [0.1, 0.15) is 61.7 Å². The second kappa shape index (κ2) is 12.1. The monoisotopic (exact) mass is 516 g/mol. The first-order valence-electron chi connectivity index (χ1n) is 12.6. The molecule has 198 valence electrons. The molecule has 10 heteroatoms. The first kappa shape index (κ1) is 26.5. The van der Waals surface area contributed by atoms with Gasteiger partial charge in [-0.25, -0.2) is 13.2 Å². The van der Waals surface area contributed by atoms with Crippen LogP contribution in [0.5, 0.6) is 5.75 Å². The van der Waals surface area contributed by atoms with Crippen molar-refractivity contribution in [1.82, 2.24) is 4.90 Å². The highest BCUT2D eigenvalue weighted by atomic mass is 19.1. The maximum atomic E-state index is 15.3. The Labute approximate surface area is 214 Å². The van der Waals surface area contributed by atoms with Crippen LogP contribution in [-0.4, -0.2) is 43.3 Å². The number of nitrogens with zero attached hydrogens (tertiary/aromatic N) is 3. The van der Waals surface area contributed by atoms with E-state index in [1.165, 1.54) is 28.5 Å². The number of hydrogen-bond donors (Lipinski definition) is 1. The van der Waals surface area contributed by atoms with E-state index >= 15 is 4.39 Å². The highest BCUT2D eigenvalue weighted by Crippen LogP contribution is 2.32. The van der Waals surface area contributed by atoms with E-state index in [4.69, 9.17) is 4.74 Å². The molecular weight excluding hydrogens is 485 g/mol. The number of rotatable bonds is 8.